The molecule has 0 heterocycles. The first-order valence-corrected chi connectivity index (χ1v) is 6.12. The molecule has 1 aromatic carbocycles. The van der Waals surface area contributed by atoms with Crippen LogP contribution in [0.4, 0.5) is 5.69 Å². The van der Waals surface area contributed by atoms with E-state index >= 15 is 0 Å². The second kappa shape index (κ2) is 6.37. The SMILES string of the molecule is C=C(C)c1ccc(N(C)CCCCC)cc1. The summed E-state index contributed by atoms with van der Waals surface area (Å²) in [4.78, 5) is 2.32. The first-order valence-electron chi connectivity index (χ1n) is 6.12. The maximum absolute atomic E-state index is 3.95. The molecule has 0 aliphatic heterocycles. The lowest BCUT2D eigenvalue weighted by molar-refractivity contribution is 0.705. The Labute approximate surface area is 99.8 Å². The fourth-order valence-electron chi connectivity index (χ4n) is 1.73. The van der Waals surface area contributed by atoms with Crippen LogP contribution in [0.2, 0.25) is 0 Å². The van der Waals surface area contributed by atoms with Crippen molar-refractivity contribution in [2.45, 2.75) is 33.1 Å². The Bertz CT molecular complexity index is 324. The molecule has 1 aromatic rings. The molecule has 88 valence electrons. The first kappa shape index (κ1) is 12.8. The predicted octanol–water partition coefficient (Wildman–Crippen LogP) is 4.35. The van der Waals surface area contributed by atoms with Crippen molar-refractivity contribution in [3.63, 3.8) is 0 Å². The van der Waals surface area contributed by atoms with E-state index in [0.717, 1.165) is 12.1 Å². The van der Waals surface area contributed by atoms with Gasteiger partial charge >= 0.3 is 0 Å². The third-order valence-corrected chi connectivity index (χ3v) is 2.90. The first-order chi connectivity index (χ1) is 7.65. The van der Waals surface area contributed by atoms with Gasteiger partial charge in [0.15, 0.2) is 0 Å². The fourth-order valence-corrected chi connectivity index (χ4v) is 1.73. The molecule has 0 N–H and O–H groups in total. The van der Waals surface area contributed by atoms with Crippen molar-refractivity contribution >= 4 is 11.3 Å². The van der Waals surface area contributed by atoms with Crippen molar-refractivity contribution in [2.24, 2.45) is 0 Å². The maximum atomic E-state index is 3.95. The summed E-state index contributed by atoms with van der Waals surface area (Å²) in [7, 11) is 2.16. The lowest BCUT2D eigenvalue weighted by Gasteiger charge is -2.19. The average molecular weight is 217 g/mol. The van der Waals surface area contributed by atoms with Gasteiger partial charge in [-0.15, -0.1) is 0 Å². The zero-order chi connectivity index (χ0) is 12.0. The van der Waals surface area contributed by atoms with E-state index < -0.39 is 0 Å². The summed E-state index contributed by atoms with van der Waals surface area (Å²) in [6, 6.07) is 8.65. The van der Waals surface area contributed by atoms with Crippen LogP contribution in [0.15, 0.2) is 30.8 Å². The minimum atomic E-state index is 1.13. The Hall–Kier alpha value is -1.24. The number of rotatable bonds is 6. The molecule has 0 unspecified atom stereocenters. The summed E-state index contributed by atoms with van der Waals surface area (Å²) in [6.07, 6.45) is 3.87. The third kappa shape index (κ3) is 3.73. The summed E-state index contributed by atoms with van der Waals surface area (Å²) < 4.78 is 0. The van der Waals surface area contributed by atoms with Crippen LogP contribution in [0.1, 0.15) is 38.7 Å². The number of anilines is 1. The van der Waals surface area contributed by atoms with E-state index in [1.165, 1.54) is 30.5 Å². The highest BCUT2D eigenvalue weighted by atomic mass is 15.1. The molecular formula is C15H23N. The Balaban J connectivity index is 2.56. The molecule has 0 aliphatic carbocycles. The van der Waals surface area contributed by atoms with Crippen molar-refractivity contribution < 1.29 is 0 Å². The molecule has 16 heavy (non-hydrogen) atoms. The van der Waals surface area contributed by atoms with Gasteiger partial charge in [-0.1, -0.05) is 44.1 Å². The van der Waals surface area contributed by atoms with Crippen LogP contribution in [-0.4, -0.2) is 13.6 Å². The summed E-state index contributed by atoms with van der Waals surface area (Å²) in [5, 5.41) is 0. The van der Waals surface area contributed by atoms with Gasteiger partial charge in [0.1, 0.15) is 0 Å². The number of allylic oxidation sites excluding steroid dienone is 1. The molecule has 1 heteroatoms. The second-order valence-electron chi connectivity index (χ2n) is 4.46. The topological polar surface area (TPSA) is 3.24 Å². The molecule has 0 radical (unpaired) electrons. The molecule has 0 fully saturated rings. The van der Waals surface area contributed by atoms with Gasteiger partial charge < -0.3 is 4.90 Å². The molecule has 0 atom stereocenters. The van der Waals surface area contributed by atoms with Gasteiger partial charge in [-0.05, 0) is 31.0 Å². The molecule has 0 saturated carbocycles. The maximum Gasteiger partial charge on any atom is 0.0364 e. The molecule has 0 spiro atoms. The smallest absolute Gasteiger partial charge is 0.0364 e. The van der Waals surface area contributed by atoms with Crippen LogP contribution >= 0.6 is 0 Å². The molecular weight excluding hydrogens is 194 g/mol. The van der Waals surface area contributed by atoms with E-state index in [9.17, 15) is 0 Å². The Morgan fingerprint density at radius 3 is 2.31 bits per heavy atom. The Morgan fingerprint density at radius 1 is 1.19 bits per heavy atom. The van der Waals surface area contributed by atoms with Crippen molar-refractivity contribution in [1.82, 2.24) is 0 Å². The molecule has 0 saturated heterocycles. The van der Waals surface area contributed by atoms with Gasteiger partial charge in [0.25, 0.3) is 0 Å². The molecule has 0 amide bonds. The summed E-state index contributed by atoms with van der Waals surface area (Å²) in [5.41, 5.74) is 3.65. The summed E-state index contributed by atoms with van der Waals surface area (Å²) in [5.74, 6) is 0. The van der Waals surface area contributed by atoms with Gasteiger partial charge in [0.2, 0.25) is 0 Å². The number of nitrogens with zero attached hydrogens (tertiary/aromatic N) is 1. The minimum absolute atomic E-state index is 1.13. The van der Waals surface area contributed by atoms with Gasteiger partial charge in [-0.25, -0.2) is 0 Å². The summed E-state index contributed by atoms with van der Waals surface area (Å²) in [6.45, 7) is 9.37. The highest BCUT2D eigenvalue weighted by Crippen LogP contribution is 2.18. The predicted molar refractivity (Wildman–Crippen MR) is 73.9 cm³/mol. The molecule has 1 rings (SSSR count). The number of benzene rings is 1. The van der Waals surface area contributed by atoms with E-state index in [1.807, 2.05) is 6.92 Å². The van der Waals surface area contributed by atoms with Gasteiger partial charge in [-0.2, -0.15) is 0 Å². The lowest BCUT2D eigenvalue weighted by atomic mass is 10.1. The Morgan fingerprint density at radius 2 is 1.81 bits per heavy atom. The van der Waals surface area contributed by atoms with E-state index in [0.29, 0.717) is 0 Å². The second-order valence-corrected chi connectivity index (χ2v) is 4.46. The minimum Gasteiger partial charge on any atom is -0.375 e. The van der Waals surface area contributed by atoms with Crippen LogP contribution in [0, 0.1) is 0 Å². The van der Waals surface area contributed by atoms with Gasteiger partial charge in [0.05, 0.1) is 0 Å². The highest BCUT2D eigenvalue weighted by Gasteiger charge is 2.00. The van der Waals surface area contributed by atoms with E-state index in [1.54, 1.807) is 0 Å². The van der Waals surface area contributed by atoms with Crippen LogP contribution in [-0.2, 0) is 0 Å². The normalized spacial score (nSPS) is 10.2. The molecule has 1 nitrogen and oxygen atoms in total. The van der Waals surface area contributed by atoms with Gasteiger partial charge in [-0.3, -0.25) is 0 Å². The number of hydrogen-bond acceptors (Lipinski definition) is 1. The molecule has 0 bridgehead atoms. The van der Waals surface area contributed by atoms with Crippen molar-refractivity contribution in [1.29, 1.82) is 0 Å². The van der Waals surface area contributed by atoms with E-state index in [4.69, 9.17) is 0 Å². The molecule has 0 aromatic heterocycles. The van der Waals surface area contributed by atoms with Crippen molar-refractivity contribution in [3.8, 4) is 0 Å². The fraction of sp³-hybridized carbons (Fsp3) is 0.467. The zero-order valence-corrected chi connectivity index (χ0v) is 10.8. The largest absolute Gasteiger partial charge is 0.375 e. The lowest BCUT2D eigenvalue weighted by Crippen LogP contribution is -2.18. The average Bonchev–Trinajstić information content (AvgIpc) is 2.29. The monoisotopic (exact) mass is 217 g/mol. The highest BCUT2D eigenvalue weighted by molar-refractivity contribution is 5.63. The van der Waals surface area contributed by atoms with Crippen LogP contribution in [0.3, 0.4) is 0 Å². The van der Waals surface area contributed by atoms with E-state index in [2.05, 4.69) is 49.7 Å². The van der Waals surface area contributed by atoms with Crippen molar-refractivity contribution in [3.05, 3.63) is 36.4 Å². The van der Waals surface area contributed by atoms with Crippen LogP contribution in [0.5, 0.6) is 0 Å². The standard InChI is InChI=1S/C15H23N/c1-5-6-7-12-16(4)15-10-8-14(9-11-15)13(2)3/h8-11H,2,5-7,12H2,1,3-4H3. The quantitative estimate of drug-likeness (QED) is 0.640. The summed E-state index contributed by atoms with van der Waals surface area (Å²) >= 11 is 0. The third-order valence-electron chi connectivity index (χ3n) is 2.90. The van der Waals surface area contributed by atoms with Crippen LogP contribution < -0.4 is 4.90 Å². The number of unbranched alkanes of at least 4 members (excludes halogenated alkanes) is 2. The van der Waals surface area contributed by atoms with Crippen molar-refractivity contribution in [2.75, 3.05) is 18.5 Å². The number of hydrogen-bond donors (Lipinski definition) is 0. The van der Waals surface area contributed by atoms with Gasteiger partial charge in [0, 0.05) is 19.3 Å². The molecule has 0 aliphatic rings. The zero-order valence-electron chi connectivity index (χ0n) is 10.8. The van der Waals surface area contributed by atoms with E-state index in [-0.39, 0.29) is 0 Å². The Kier molecular flexibility index (Phi) is 5.10. The van der Waals surface area contributed by atoms with Crippen LogP contribution in [0.25, 0.3) is 5.57 Å².